The number of rotatable bonds is 8. The van der Waals surface area contributed by atoms with E-state index >= 15 is 0 Å². The van der Waals surface area contributed by atoms with E-state index in [0.29, 0.717) is 18.7 Å². The van der Waals surface area contributed by atoms with E-state index in [1.807, 2.05) is 44.2 Å². The molecule has 2 rings (SSSR count). The Kier molecular flexibility index (Phi) is 8.41. The largest absolute Gasteiger partial charge is 0.449 e. The van der Waals surface area contributed by atoms with Crippen LogP contribution in [0.2, 0.25) is 0 Å². The topological polar surface area (TPSA) is 87.7 Å². The molecule has 0 aromatic heterocycles. The summed E-state index contributed by atoms with van der Waals surface area (Å²) >= 11 is 0. The standard InChI is InChI=1S/C23H29N3O4/c1-16(2)25-23(29)24-14-18-10-12-20(13-11-18)22(28)30-17(3)21(27)26(4)15-19-8-6-5-7-9-19/h5-13,16-17H,14-15H2,1-4H3,(H2,24,25,29)/t17-/m1/s1. The molecule has 1 atom stereocenters. The second-order valence-electron chi connectivity index (χ2n) is 7.41. The highest BCUT2D eigenvalue weighted by molar-refractivity contribution is 5.92. The summed E-state index contributed by atoms with van der Waals surface area (Å²) in [7, 11) is 1.68. The zero-order valence-corrected chi connectivity index (χ0v) is 17.8. The van der Waals surface area contributed by atoms with Gasteiger partial charge in [-0.25, -0.2) is 9.59 Å². The second-order valence-corrected chi connectivity index (χ2v) is 7.41. The number of carbonyl (C=O) groups is 3. The molecule has 0 unspecified atom stereocenters. The molecule has 0 aliphatic heterocycles. The number of nitrogens with one attached hydrogen (secondary N) is 2. The summed E-state index contributed by atoms with van der Waals surface area (Å²) in [5.41, 5.74) is 2.19. The molecule has 0 saturated heterocycles. The highest BCUT2D eigenvalue weighted by Gasteiger charge is 2.22. The fourth-order valence-corrected chi connectivity index (χ4v) is 2.78. The maximum atomic E-state index is 12.5. The first-order valence-corrected chi connectivity index (χ1v) is 9.89. The molecule has 0 aliphatic carbocycles. The lowest BCUT2D eigenvalue weighted by Crippen LogP contribution is -2.39. The summed E-state index contributed by atoms with van der Waals surface area (Å²) in [6.07, 6.45) is -0.896. The number of hydrogen-bond acceptors (Lipinski definition) is 4. The molecule has 0 bridgehead atoms. The first-order chi connectivity index (χ1) is 14.3. The van der Waals surface area contributed by atoms with Crippen molar-refractivity contribution in [2.75, 3.05) is 7.05 Å². The average molecular weight is 412 g/mol. The van der Waals surface area contributed by atoms with Gasteiger partial charge in [-0.1, -0.05) is 42.5 Å². The van der Waals surface area contributed by atoms with Gasteiger partial charge < -0.3 is 20.3 Å². The Balaban J connectivity index is 1.85. The summed E-state index contributed by atoms with van der Waals surface area (Å²) in [6.45, 7) is 6.10. The van der Waals surface area contributed by atoms with Crippen LogP contribution in [0.25, 0.3) is 0 Å². The van der Waals surface area contributed by atoms with Crippen LogP contribution in [-0.2, 0) is 22.6 Å². The molecule has 7 nitrogen and oxygen atoms in total. The van der Waals surface area contributed by atoms with Gasteiger partial charge in [0, 0.05) is 26.2 Å². The van der Waals surface area contributed by atoms with Crippen molar-refractivity contribution in [3.63, 3.8) is 0 Å². The minimum atomic E-state index is -0.896. The number of hydrogen-bond donors (Lipinski definition) is 2. The lowest BCUT2D eigenvalue weighted by Gasteiger charge is -2.21. The van der Waals surface area contributed by atoms with Crippen LogP contribution in [0.5, 0.6) is 0 Å². The van der Waals surface area contributed by atoms with Crippen molar-refractivity contribution in [2.45, 2.75) is 46.0 Å². The van der Waals surface area contributed by atoms with Crippen molar-refractivity contribution in [1.29, 1.82) is 0 Å². The Hall–Kier alpha value is -3.35. The van der Waals surface area contributed by atoms with E-state index in [4.69, 9.17) is 4.74 Å². The number of ether oxygens (including phenoxy) is 1. The first-order valence-electron chi connectivity index (χ1n) is 9.89. The van der Waals surface area contributed by atoms with Crippen molar-refractivity contribution in [3.05, 3.63) is 71.3 Å². The summed E-state index contributed by atoms with van der Waals surface area (Å²) in [6, 6.07) is 16.1. The molecule has 30 heavy (non-hydrogen) atoms. The zero-order chi connectivity index (χ0) is 22.1. The van der Waals surface area contributed by atoms with Crippen molar-refractivity contribution in [2.24, 2.45) is 0 Å². The van der Waals surface area contributed by atoms with Gasteiger partial charge in [-0.2, -0.15) is 0 Å². The van der Waals surface area contributed by atoms with E-state index in [1.165, 1.54) is 4.90 Å². The molecule has 0 fully saturated rings. The molecule has 3 amide bonds. The monoisotopic (exact) mass is 411 g/mol. The van der Waals surface area contributed by atoms with Gasteiger partial charge in [0.1, 0.15) is 0 Å². The van der Waals surface area contributed by atoms with E-state index in [2.05, 4.69) is 10.6 Å². The molecular weight excluding hydrogens is 382 g/mol. The smallest absolute Gasteiger partial charge is 0.338 e. The molecule has 7 heteroatoms. The van der Waals surface area contributed by atoms with Gasteiger partial charge in [-0.05, 0) is 44.0 Å². The van der Waals surface area contributed by atoms with E-state index in [1.54, 1.807) is 38.2 Å². The lowest BCUT2D eigenvalue weighted by atomic mass is 10.1. The predicted octanol–water partition coefficient (Wildman–Crippen LogP) is 3.10. The third-order valence-electron chi connectivity index (χ3n) is 4.33. The van der Waals surface area contributed by atoms with E-state index in [0.717, 1.165) is 11.1 Å². The molecule has 0 radical (unpaired) electrons. The normalized spacial score (nSPS) is 11.5. The second kappa shape index (κ2) is 11.0. The highest BCUT2D eigenvalue weighted by atomic mass is 16.5. The molecule has 2 N–H and O–H groups in total. The predicted molar refractivity (Wildman–Crippen MR) is 115 cm³/mol. The molecule has 0 spiro atoms. The number of urea groups is 1. The number of esters is 1. The zero-order valence-electron chi connectivity index (χ0n) is 17.8. The molecule has 160 valence electrons. The molecule has 2 aromatic rings. The van der Waals surface area contributed by atoms with Crippen molar-refractivity contribution >= 4 is 17.9 Å². The Morgan fingerprint density at radius 3 is 2.17 bits per heavy atom. The molecular formula is C23H29N3O4. The molecule has 0 saturated carbocycles. The van der Waals surface area contributed by atoms with Crippen LogP contribution in [-0.4, -0.2) is 42.0 Å². The van der Waals surface area contributed by atoms with Crippen molar-refractivity contribution in [3.8, 4) is 0 Å². The van der Waals surface area contributed by atoms with Crippen LogP contribution in [0.3, 0.4) is 0 Å². The number of nitrogens with zero attached hydrogens (tertiary/aromatic N) is 1. The third-order valence-corrected chi connectivity index (χ3v) is 4.33. The summed E-state index contributed by atoms with van der Waals surface area (Å²) in [4.78, 5) is 38.0. The maximum Gasteiger partial charge on any atom is 0.338 e. The van der Waals surface area contributed by atoms with E-state index < -0.39 is 12.1 Å². The van der Waals surface area contributed by atoms with Crippen LogP contribution < -0.4 is 10.6 Å². The minimum absolute atomic E-state index is 0.0542. The van der Waals surface area contributed by atoms with Crippen LogP contribution in [0, 0.1) is 0 Å². The SMILES string of the molecule is CC(C)NC(=O)NCc1ccc(C(=O)O[C@H](C)C(=O)N(C)Cc2ccccc2)cc1. The minimum Gasteiger partial charge on any atom is -0.449 e. The molecule has 2 aromatic carbocycles. The first kappa shape index (κ1) is 22.9. The van der Waals surface area contributed by atoms with Crippen molar-refractivity contribution < 1.29 is 19.1 Å². The number of carbonyl (C=O) groups excluding carboxylic acids is 3. The number of amides is 3. The number of likely N-dealkylation sites (N-methyl/N-ethyl adjacent to an activating group) is 1. The molecule has 0 aliphatic rings. The van der Waals surface area contributed by atoms with Gasteiger partial charge in [0.25, 0.3) is 5.91 Å². The van der Waals surface area contributed by atoms with Gasteiger partial charge in [-0.15, -0.1) is 0 Å². The van der Waals surface area contributed by atoms with E-state index in [-0.39, 0.29) is 18.0 Å². The Labute approximate surface area is 177 Å². The summed E-state index contributed by atoms with van der Waals surface area (Å²) in [5.74, 6) is -0.842. The maximum absolute atomic E-state index is 12.5. The van der Waals surface area contributed by atoms with Gasteiger partial charge >= 0.3 is 12.0 Å². The summed E-state index contributed by atoms with van der Waals surface area (Å²) < 4.78 is 5.33. The lowest BCUT2D eigenvalue weighted by molar-refractivity contribution is -0.139. The third kappa shape index (κ3) is 7.24. The molecule has 0 heterocycles. The van der Waals surface area contributed by atoms with Crippen LogP contribution >= 0.6 is 0 Å². The fraction of sp³-hybridized carbons (Fsp3) is 0.348. The van der Waals surface area contributed by atoms with Crippen LogP contribution in [0.1, 0.15) is 42.3 Å². The van der Waals surface area contributed by atoms with Gasteiger partial charge in [0.15, 0.2) is 6.10 Å². The Bertz CT molecular complexity index is 851. The number of benzene rings is 2. The van der Waals surface area contributed by atoms with Gasteiger partial charge in [-0.3, -0.25) is 4.79 Å². The van der Waals surface area contributed by atoms with Crippen LogP contribution in [0.4, 0.5) is 4.79 Å². The average Bonchev–Trinajstić information content (AvgIpc) is 2.72. The van der Waals surface area contributed by atoms with E-state index in [9.17, 15) is 14.4 Å². The van der Waals surface area contributed by atoms with Crippen LogP contribution in [0.15, 0.2) is 54.6 Å². The fourth-order valence-electron chi connectivity index (χ4n) is 2.78. The Morgan fingerprint density at radius 1 is 0.933 bits per heavy atom. The Morgan fingerprint density at radius 2 is 1.57 bits per heavy atom. The van der Waals surface area contributed by atoms with Gasteiger partial charge in [0.05, 0.1) is 5.56 Å². The summed E-state index contributed by atoms with van der Waals surface area (Å²) in [5, 5.41) is 5.48. The quantitative estimate of drug-likeness (QED) is 0.654. The van der Waals surface area contributed by atoms with Crippen molar-refractivity contribution in [1.82, 2.24) is 15.5 Å². The highest BCUT2D eigenvalue weighted by Crippen LogP contribution is 2.10. The van der Waals surface area contributed by atoms with Gasteiger partial charge in [0.2, 0.25) is 0 Å².